The third-order valence-electron chi connectivity index (χ3n) is 6.44. The summed E-state index contributed by atoms with van der Waals surface area (Å²) in [5.41, 5.74) is 3.74. The molecule has 5 aromatic rings. The Hall–Kier alpha value is -4.07. The van der Waals surface area contributed by atoms with Crippen molar-refractivity contribution in [1.82, 2.24) is 33.9 Å². The first-order chi connectivity index (χ1) is 16.5. The Balaban J connectivity index is 1.45. The van der Waals surface area contributed by atoms with Gasteiger partial charge in [-0.05, 0) is 74.9 Å². The first kappa shape index (κ1) is 20.5. The molecule has 1 aromatic carbocycles. The molecule has 0 aliphatic heterocycles. The average molecular weight is 452 g/mol. The maximum absolute atomic E-state index is 13.6. The Morgan fingerprint density at radius 2 is 1.94 bits per heavy atom. The van der Waals surface area contributed by atoms with E-state index in [1.165, 1.54) is 12.8 Å². The minimum Gasteiger partial charge on any atom is -0.310 e. The van der Waals surface area contributed by atoms with Crippen LogP contribution in [0.4, 0.5) is 0 Å². The van der Waals surface area contributed by atoms with Gasteiger partial charge in [0.25, 0.3) is 5.56 Å². The number of fused-ring (bicyclic) bond motifs is 1. The summed E-state index contributed by atoms with van der Waals surface area (Å²) in [5, 5.41) is 9.83. The molecular weight excluding hydrogens is 426 g/mol. The topological polar surface area (TPSA) is 83.4 Å². The Labute approximate surface area is 196 Å². The zero-order valence-electron chi connectivity index (χ0n) is 19.4. The van der Waals surface area contributed by atoms with Crippen LogP contribution in [-0.2, 0) is 0 Å². The molecule has 6 rings (SSSR count). The van der Waals surface area contributed by atoms with Crippen molar-refractivity contribution < 1.29 is 0 Å². The number of nitrogens with zero attached hydrogens (tertiary/aromatic N) is 7. The second kappa shape index (κ2) is 7.76. The van der Waals surface area contributed by atoms with Crippen molar-refractivity contribution in [2.75, 3.05) is 0 Å². The highest BCUT2D eigenvalue weighted by Gasteiger charge is 2.26. The number of pyridine rings is 2. The van der Waals surface area contributed by atoms with E-state index in [4.69, 9.17) is 4.98 Å². The van der Waals surface area contributed by atoms with Crippen molar-refractivity contribution in [3.8, 4) is 23.0 Å². The number of rotatable bonds is 5. The predicted octanol–water partition coefficient (Wildman–Crippen LogP) is 4.60. The van der Waals surface area contributed by atoms with E-state index in [-0.39, 0.29) is 11.6 Å². The van der Waals surface area contributed by atoms with E-state index < -0.39 is 0 Å². The highest BCUT2D eigenvalue weighted by molar-refractivity contribution is 5.85. The zero-order chi connectivity index (χ0) is 23.4. The van der Waals surface area contributed by atoms with Gasteiger partial charge in [0.2, 0.25) is 0 Å². The van der Waals surface area contributed by atoms with E-state index >= 15 is 0 Å². The van der Waals surface area contributed by atoms with Crippen molar-refractivity contribution in [2.45, 2.75) is 45.6 Å². The fraction of sp³-hybridized carbons (Fsp3) is 0.269. The number of hydrogen-bond donors (Lipinski definition) is 0. The normalized spacial score (nSPS) is 13.8. The number of aryl methyl sites for hydroxylation is 1. The van der Waals surface area contributed by atoms with Gasteiger partial charge in [-0.3, -0.25) is 9.36 Å². The van der Waals surface area contributed by atoms with Crippen LogP contribution in [0.15, 0.2) is 66.2 Å². The lowest BCUT2D eigenvalue weighted by atomic mass is 10.1. The number of imidazole rings is 1. The smallest absolute Gasteiger partial charge is 0.264 e. The van der Waals surface area contributed by atoms with Crippen LogP contribution < -0.4 is 5.56 Å². The molecule has 0 spiro atoms. The highest BCUT2D eigenvalue weighted by atomic mass is 16.1. The highest BCUT2D eigenvalue weighted by Crippen LogP contribution is 2.39. The molecule has 1 saturated carbocycles. The lowest BCUT2D eigenvalue weighted by Crippen LogP contribution is -2.19. The molecule has 0 unspecified atom stereocenters. The molecule has 1 aliphatic carbocycles. The summed E-state index contributed by atoms with van der Waals surface area (Å²) in [4.78, 5) is 22.9. The second-order valence-corrected chi connectivity index (χ2v) is 9.23. The van der Waals surface area contributed by atoms with E-state index in [1.54, 1.807) is 17.1 Å². The summed E-state index contributed by atoms with van der Waals surface area (Å²) >= 11 is 0. The van der Waals surface area contributed by atoms with Gasteiger partial charge < -0.3 is 9.13 Å². The minimum atomic E-state index is -0.115. The van der Waals surface area contributed by atoms with Crippen LogP contribution in [0, 0.1) is 6.92 Å². The van der Waals surface area contributed by atoms with Crippen LogP contribution >= 0.6 is 0 Å². The molecule has 170 valence electrons. The van der Waals surface area contributed by atoms with E-state index in [9.17, 15) is 4.79 Å². The third kappa shape index (κ3) is 3.42. The van der Waals surface area contributed by atoms with E-state index in [0.29, 0.717) is 28.6 Å². The van der Waals surface area contributed by atoms with Crippen molar-refractivity contribution in [1.29, 1.82) is 0 Å². The number of hydrogen-bond acceptors (Lipinski definition) is 5. The van der Waals surface area contributed by atoms with Crippen molar-refractivity contribution in [3.05, 3.63) is 83.1 Å². The quantitative estimate of drug-likeness (QED) is 0.390. The van der Waals surface area contributed by atoms with Crippen molar-refractivity contribution in [3.63, 3.8) is 0 Å². The molecule has 8 heteroatoms. The monoisotopic (exact) mass is 451 g/mol. The molecule has 0 radical (unpaired) electrons. The van der Waals surface area contributed by atoms with Gasteiger partial charge in [0.05, 0.1) is 17.7 Å². The van der Waals surface area contributed by atoms with Gasteiger partial charge in [-0.2, -0.15) is 0 Å². The van der Waals surface area contributed by atoms with Crippen LogP contribution in [0.1, 0.15) is 49.9 Å². The second-order valence-electron chi connectivity index (χ2n) is 9.23. The lowest BCUT2D eigenvalue weighted by molar-refractivity contribution is 0.603. The predicted molar refractivity (Wildman–Crippen MR) is 131 cm³/mol. The standard InChI is InChI=1S/C26H25N7O/c1-16(2)33-15-28-30-25(33)21-5-4-6-24(29-21)32-10-9-19-11-17(3)23(12-20(19)26(32)34)31-13-22(27-14-31)18-7-8-18/h4-6,9-16,18H,7-8H2,1-3H3. The van der Waals surface area contributed by atoms with Crippen LogP contribution in [0.25, 0.3) is 33.8 Å². The molecule has 0 atom stereocenters. The van der Waals surface area contributed by atoms with Gasteiger partial charge in [0, 0.05) is 29.7 Å². The Morgan fingerprint density at radius 3 is 2.74 bits per heavy atom. The SMILES string of the molecule is Cc1cc2ccn(-c3cccc(-c4nncn4C(C)C)n3)c(=O)c2cc1-n1cnc(C2CC2)c1. The summed E-state index contributed by atoms with van der Waals surface area (Å²) < 4.78 is 5.58. The van der Waals surface area contributed by atoms with Crippen molar-refractivity contribution in [2.24, 2.45) is 0 Å². The Kier molecular flexibility index (Phi) is 4.69. The minimum absolute atomic E-state index is 0.115. The molecule has 0 saturated heterocycles. The molecule has 1 aliphatic rings. The molecule has 4 aromatic heterocycles. The fourth-order valence-corrected chi connectivity index (χ4v) is 4.40. The maximum Gasteiger partial charge on any atom is 0.264 e. The summed E-state index contributed by atoms with van der Waals surface area (Å²) in [6.45, 7) is 6.20. The number of aromatic nitrogens is 7. The van der Waals surface area contributed by atoms with Crippen LogP contribution in [0.3, 0.4) is 0 Å². The Bertz CT molecular complexity index is 1590. The third-order valence-corrected chi connectivity index (χ3v) is 6.44. The van der Waals surface area contributed by atoms with E-state index in [0.717, 1.165) is 22.3 Å². The summed E-state index contributed by atoms with van der Waals surface area (Å²) in [5.74, 6) is 1.80. The molecule has 8 nitrogen and oxygen atoms in total. The van der Waals surface area contributed by atoms with Crippen molar-refractivity contribution >= 4 is 10.8 Å². The summed E-state index contributed by atoms with van der Waals surface area (Å²) in [7, 11) is 0. The molecule has 4 heterocycles. The van der Waals surface area contributed by atoms with Crippen LogP contribution in [0.2, 0.25) is 0 Å². The van der Waals surface area contributed by atoms with Gasteiger partial charge in [-0.15, -0.1) is 10.2 Å². The van der Waals surface area contributed by atoms with Crippen LogP contribution in [0.5, 0.6) is 0 Å². The molecule has 34 heavy (non-hydrogen) atoms. The lowest BCUT2D eigenvalue weighted by Gasteiger charge is -2.12. The first-order valence-corrected chi connectivity index (χ1v) is 11.6. The summed E-state index contributed by atoms with van der Waals surface area (Å²) in [6, 6.07) is 11.8. The largest absolute Gasteiger partial charge is 0.310 e. The van der Waals surface area contributed by atoms with Gasteiger partial charge in [-0.1, -0.05) is 6.07 Å². The molecule has 1 fully saturated rings. The van der Waals surface area contributed by atoms with Gasteiger partial charge in [-0.25, -0.2) is 9.97 Å². The van der Waals surface area contributed by atoms with Crippen LogP contribution in [-0.4, -0.2) is 33.9 Å². The first-order valence-electron chi connectivity index (χ1n) is 11.6. The average Bonchev–Trinajstić information content (AvgIpc) is 3.35. The van der Waals surface area contributed by atoms with Gasteiger partial charge in [0.1, 0.15) is 17.8 Å². The maximum atomic E-state index is 13.6. The molecule has 0 bridgehead atoms. The van der Waals surface area contributed by atoms with Gasteiger partial charge >= 0.3 is 0 Å². The molecule has 0 amide bonds. The zero-order valence-corrected chi connectivity index (χ0v) is 19.4. The molecule has 0 N–H and O–H groups in total. The summed E-state index contributed by atoms with van der Waals surface area (Å²) in [6.07, 6.45) is 9.83. The molecular formula is C26H25N7O. The van der Waals surface area contributed by atoms with E-state index in [1.807, 2.05) is 45.8 Å². The fourth-order valence-electron chi connectivity index (χ4n) is 4.40. The number of benzene rings is 1. The van der Waals surface area contributed by atoms with Gasteiger partial charge in [0.15, 0.2) is 5.82 Å². The Morgan fingerprint density at radius 1 is 1.09 bits per heavy atom. The van der Waals surface area contributed by atoms with E-state index in [2.05, 4.69) is 48.2 Å².